The predicted octanol–water partition coefficient (Wildman–Crippen LogP) is 1.43. The van der Waals surface area contributed by atoms with Crippen LogP contribution in [0.3, 0.4) is 0 Å². The maximum absolute atomic E-state index is 12.1. The maximum atomic E-state index is 12.1. The number of hydrogen-bond acceptors (Lipinski definition) is 3. The third kappa shape index (κ3) is 2.82. The van der Waals surface area contributed by atoms with E-state index in [4.69, 9.17) is 0 Å². The zero-order chi connectivity index (χ0) is 13.1. The molecular formula is C14H20N2O2. The summed E-state index contributed by atoms with van der Waals surface area (Å²) in [6.07, 6.45) is 1.08. The van der Waals surface area contributed by atoms with Gasteiger partial charge >= 0.3 is 0 Å². The van der Waals surface area contributed by atoms with E-state index >= 15 is 0 Å². The van der Waals surface area contributed by atoms with Crippen LogP contribution in [0.5, 0.6) is 5.75 Å². The first-order valence-electron chi connectivity index (χ1n) is 6.39. The molecule has 1 heterocycles. The second-order valence-corrected chi connectivity index (χ2v) is 5.04. The fourth-order valence-corrected chi connectivity index (χ4v) is 2.34. The molecule has 1 saturated heterocycles. The van der Waals surface area contributed by atoms with Crippen molar-refractivity contribution < 1.29 is 9.90 Å². The molecule has 1 aromatic rings. The Morgan fingerprint density at radius 2 is 2.33 bits per heavy atom. The van der Waals surface area contributed by atoms with Crippen molar-refractivity contribution in [2.24, 2.45) is 5.92 Å². The van der Waals surface area contributed by atoms with Crippen molar-refractivity contribution >= 4 is 5.91 Å². The van der Waals surface area contributed by atoms with Crippen LogP contribution in [0.4, 0.5) is 0 Å². The molecule has 1 amide bonds. The highest BCUT2D eigenvalue weighted by molar-refractivity contribution is 5.97. The van der Waals surface area contributed by atoms with Gasteiger partial charge in [-0.05, 0) is 51.4 Å². The Morgan fingerprint density at radius 1 is 1.56 bits per heavy atom. The molecule has 1 aliphatic rings. The van der Waals surface area contributed by atoms with Gasteiger partial charge in [-0.25, -0.2) is 0 Å². The average molecular weight is 248 g/mol. The fourth-order valence-electron chi connectivity index (χ4n) is 2.34. The number of phenolic OH excluding ortho intramolecular Hbond substituents is 1. The lowest BCUT2D eigenvalue weighted by atomic mass is 10.00. The van der Waals surface area contributed by atoms with Gasteiger partial charge in [0.15, 0.2) is 0 Å². The van der Waals surface area contributed by atoms with Gasteiger partial charge in [0.1, 0.15) is 5.75 Å². The molecule has 2 unspecified atom stereocenters. The number of phenols is 1. The molecule has 2 atom stereocenters. The van der Waals surface area contributed by atoms with Crippen LogP contribution in [-0.4, -0.2) is 30.1 Å². The lowest BCUT2D eigenvalue weighted by Crippen LogP contribution is -2.38. The number of benzene rings is 1. The van der Waals surface area contributed by atoms with Crippen LogP contribution in [0.15, 0.2) is 18.2 Å². The van der Waals surface area contributed by atoms with E-state index in [9.17, 15) is 9.90 Å². The zero-order valence-electron chi connectivity index (χ0n) is 10.9. The Kier molecular flexibility index (Phi) is 3.87. The molecule has 0 radical (unpaired) electrons. The minimum absolute atomic E-state index is 0.0369. The van der Waals surface area contributed by atoms with Gasteiger partial charge < -0.3 is 15.7 Å². The van der Waals surface area contributed by atoms with Gasteiger partial charge in [0.25, 0.3) is 5.91 Å². The van der Waals surface area contributed by atoms with Crippen LogP contribution in [0, 0.1) is 12.8 Å². The first kappa shape index (κ1) is 12.9. The lowest BCUT2D eigenvalue weighted by Gasteiger charge is -2.20. The van der Waals surface area contributed by atoms with Crippen molar-refractivity contribution in [1.29, 1.82) is 0 Å². The smallest absolute Gasteiger partial charge is 0.255 e. The molecule has 18 heavy (non-hydrogen) atoms. The number of carbonyl (C=O) groups excluding carboxylic acids is 1. The number of carbonyl (C=O) groups is 1. The quantitative estimate of drug-likeness (QED) is 0.758. The molecule has 1 fully saturated rings. The molecule has 3 N–H and O–H groups in total. The van der Waals surface area contributed by atoms with Gasteiger partial charge in [0.2, 0.25) is 0 Å². The molecule has 0 bridgehead atoms. The Balaban J connectivity index is 2.04. The van der Waals surface area contributed by atoms with Gasteiger partial charge in [-0.15, -0.1) is 0 Å². The molecule has 1 aliphatic heterocycles. The van der Waals surface area contributed by atoms with Crippen LogP contribution in [0.2, 0.25) is 0 Å². The molecule has 0 spiro atoms. The standard InChI is InChI=1S/C14H20N2O2/c1-9-3-4-13(17)12(7-9)14(18)16-10(2)11-5-6-15-8-11/h3-4,7,10-11,15,17H,5-6,8H2,1-2H3,(H,16,18). The highest BCUT2D eigenvalue weighted by Crippen LogP contribution is 2.19. The molecule has 98 valence electrons. The molecule has 4 nitrogen and oxygen atoms in total. The van der Waals surface area contributed by atoms with Crippen LogP contribution in [0.25, 0.3) is 0 Å². The number of aryl methyl sites for hydroxylation is 1. The Morgan fingerprint density at radius 3 is 3.00 bits per heavy atom. The lowest BCUT2D eigenvalue weighted by molar-refractivity contribution is 0.0926. The molecule has 1 aromatic carbocycles. The minimum Gasteiger partial charge on any atom is -0.507 e. The van der Waals surface area contributed by atoms with Crippen LogP contribution in [-0.2, 0) is 0 Å². The average Bonchev–Trinajstić information content (AvgIpc) is 2.85. The monoisotopic (exact) mass is 248 g/mol. The minimum atomic E-state index is -0.199. The summed E-state index contributed by atoms with van der Waals surface area (Å²) in [5.74, 6) is 0.311. The van der Waals surface area contributed by atoms with Crippen molar-refractivity contribution in [3.8, 4) is 5.75 Å². The topological polar surface area (TPSA) is 61.4 Å². The van der Waals surface area contributed by atoms with E-state index in [0.717, 1.165) is 25.1 Å². The van der Waals surface area contributed by atoms with Crippen molar-refractivity contribution in [3.05, 3.63) is 29.3 Å². The number of nitrogens with one attached hydrogen (secondary N) is 2. The summed E-state index contributed by atoms with van der Waals surface area (Å²) in [5, 5.41) is 16.0. The third-order valence-electron chi connectivity index (χ3n) is 3.56. The summed E-state index contributed by atoms with van der Waals surface area (Å²) >= 11 is 0. The number of aromatic hydroxyl groups is 1. The van der Waals surface area contributed by atoms with Crippen LogP contribution in [0.1, 0.15) is 29.3 Å². The molecule has 0 aliphatic carbocycles. The Labute approximate surface area is 107 Å². The van der Waals surface area contributed by atoms with Crippen LogP contribution < -0.4 is 10.6 Å². The van der Waals surface area contributed by atoms with E-state index in [2.05, 4.69) is 10.6 Å². The molecule has 0 aromatic heterocycles. The Bertz CT molecular complexity index is 439. The second-order valence-electron chi connectivity index (χ2n) is 5.04. The zero-order valence-corrected chi connectivity index (χ0v) is 10.9. The molecule has 2 rings (SSSR count). The summed E-state index contributed by atoms with van der Waals surface area (Å²) in [4.78, 5) is 12.1. The van der Waals surface area contributed by atoms with Crippen molar-refractivity contribution in [2.75, 3.05) is 13.1 Å². The third-order valence-corrected chi connectivity index (χ3v) is 3.56. The second kappa shape index (κ2) is 5.40. The van der Waals surface area contributed by atoms with Gasteiger partial charge in [0, 0.05) is 6.04 Å². The summed E-state index contributed by atoms with van der Waals surface area (Å²) in [6.45, 7) is 5.88. The van der Waals surface area contributed by atoms with E-state index in [0.29, 0.717) is 11.5 Å². The first-order chi connectivity index (χ1) is 8.58. The summed E-state index contributed by atoms with van der Waals surface area (Å²) < 4.78 is 0. The normalized spacial score (nSPS) is 20.7. The van der Waals surface area contributed by atoms with Gasteiger partial charge in [0.05, 0.1) is 5.56 Å². The summed E-state index contributed by atoms with van der Waals surface area (Å²) in [7, 11) is 0. The summed E-state index contributed by atoms with van der Waals surface area (Å²) in [5.41, 5.74) is 1.32. The van der Waals surface area contributed by atoms with Crippen molar-refractivity contribution in [2.45, 2.75) is 26.3 Å². The SMILES string of the molecule is Cc1ccc(O)c(C(=O)NC(C)C2CCNC2)c1. The van der Waals surface area contributed by atoms with E-state index in [-0.39, 0.29) is 17.7 Å². The van der Waals surface area contributed by atoms with E-state index in [1.807, 2.05) is 13.8 Å². The van der Waals surface area contributed by atoms with E-state index in [1.54, 1.807) is 18.2 Å². The number of rotatable bonds is 3. The van der Waals surface area contributed by atoms with Crippen molar-refractivity contribution in [1.82, 2.24) is 10.6 Å². The highest BCUT2D eigenvalue weighted by atomic mass is 16.3. The Hall–Kier alpha value is -1.55. The molecule has 0 saturated carbocycles. The van der Waals surface area contributed by atoms with Gasteiger partial charge in [-0.1, -0.05) is 11.6 Å². The largest absolute Gasteiger partial charge is 0.507 e. The molecule has 4 heteroatoms. The van der Waals surface area contributed by atoms with Gasteiger partial charge in [-0.3, -0.25) is 4.79 Å². The van der Waals surface area contributed by atoms with Gasteiger partial charge in [-0.2, -0.15) is 0 Å². The van der Waals surface area contributed by atoms with E-state index < -0.39 is 0 Å². The molecular weight excluding hydrogens is 228 g/mol. The van der Waals surface area contributed by atoms with Crippen molar-refractivity contribution in [3.63, 3.8) is 0 Å². The van der Waals surface area contributed by atoms with Crippen LogP contribution >= 0.6 is 0 Å². The van der Waals surface area contributed by atoms with E-state index in [1.165, 1.54) is 0 Å². The number of amides is 1. The highest BCUT2D eigenvalue weighted by Gasteiger charge is 2.23. The maximum Gasteiger partial charge on any atom is 0.255 e. The summed E-state index contributed by atoms with van der Waals surface area (Å²) in [6, 6.07) is 5.18. The fraction of sp³-hybridized carbons (Fsp3) is 0.500. The first-order valence-corrected chi connectivity index (χ1v) is 6.39. The predicted molar refractivity (Wildman–Crippen MR) is 70.7 cm³/mol. The number of hydrogen-bond donors (Lipinski definition) is 3.